The summed E-state index contributed by atoms with van der Waals surface area (Å²) in [5.41, 5.74) is 2.30. The number of nitrogens with one attached hydrogen (secondary N) is 1. The molecule has 3 rings (SSSR count). The van der Waals surface area contributed by atoms with Crippen LogP contribution in [0.15, 0.2) is 53.3 Å². The molecule has 2 aromatic carbocycles. The number of carbonyl (C=O) groups excluding carboxylic acids is 1. The summed E-state index contributed by atoms with van der Waals surface area (Å²) in [7, 11) is 3.14. The molecule has 1 N–H and O–H groups in total. The zero-order valence-electron chi connectivity index (χ0n) is 19.9. The normalized spacial score (nSPS) is 11.7. The fourth-order valence-electron chi connectivity index (χ4n) is 3.86. The summed E-state index contributed by atoms with van der Waals surface area (Å²) in [5, 5.41) is 7.92. The van der Waals surface area contributed by atoms with Gasteiger partial charge in [0.05, 0.1) is 19.9 Å². The largest absolute Gasteiger partial charge is 0.493 e. The number of ether oxygens (including phenoxy) is 2. The number of amides is 1. The fourth-order valence-corrected chi connectivity index (χ4v) is 3.99. The molecule has 34 heavy (non-hydrogen) atoms. The number of aromatic nitrogens is 2. The molecule has 0 saturated heterocycles. The SMILES string of the molecule is CCCCC(C(=O)Nc1ccc(Cl)cc1)n1nc(C)cc(Cc2cccc(OC)c2OC)c1=O. The van der Waals surface area contributed by atoms with E-state index in [1.165, 1.54) is 4.68 Å². The molecule has 0 radical (unpaired) electrons. The Morgan fingerprint density at radius 2 is 1.85 bits per heavy atom. The zero-order valence-corrected chi connectivity index (χ0v) is 20.7. The van der Waals surface area contributed by atoms with Gasteiger partial charge in [-0.2, -0.15) is 5.10 Å². The average Bonchev–Trinajstić information content (AvgIpc) is 2.83. The Labute approximate surface area is 204 Å². The third-order valence-electron chi connectivity index (χ3n) is 5.54. The standard InChI is InChI=1S/C26H30ClN3O4/c1-5-6-9-22(25(31)28-21-13-11-20(27)12-14-21)30-26(32)19(15-17(2)29-30)16-18-8-7-10-23(33-3)24(18)34-4/h7-8,10-15,22H,5-6,9,16H2,1-4H3,(H,28,31). The number of hydrogen-bond donors (Lipinski definition) is 1. The maximum Gasteiger partial charge on any atom is 0.271 e. The van der Waals surface area contributed by atoms with Crippen LogP contribution in [0.3, 0.4) is 0 Å². The summed E-state index contributed by atoms with van der Waals surface area (Å²) in [6.45, 7) is 3.86. The van der Waals surface area contributed by atoms with Crippen molar-refractivity contribution in [1.82, 2.24) is 9.78 Å². The van der Waals surface area contributed by atoms with E-state index in [1.54, 1.807) is 50.6 Å². The average molecular weight is 484 g/mol. The van der Waals surface area contributed by atoms with Crippen molar-refractivity contribution in [3.63, 3.8) is 0 Å². The second-order valence-electron chi connectivity index (χ2n) is 8.04. The third-order valence-corrected chi connectivity index (χ3v) is 5.79. The molecular formula is C26H30ClN3O4. The van der Waals surface area contributed by atoms with Gasteiger partial charge < -0.3 is 14.8 Å². The number of unbranched alkanes of at least 4 members (excludes halogenated alkanes) is 1. The molecule has 8 heteroatoms. The van der Waals surface area contributed by atoms with E-state index in [4.69, 9.17) is 21.1 Å². The van der Waals surface area contributed by atoms with Crippen LogP contribution in [-0.4, -0.2) is 29.9 Å². The van der Waals surface area contributed by atoms with Crippen molar-refractivity contribution in [2.24, 2.45) is 0 Å². The van der Waals surface area contributed by atoms with Gasteiger partial charge in [0.15, 0.2) is 11.5 Å². The monoisotopic (exact) mass is 483 g/mol. The first-order valence-corrected chi connectivity index (χ1v) is 11.6. The van der Waals surface area contributed by atoms with Crippen molar-refractivity contribution in [3.05, 3.63) is 80.7 Å². The van der Waals surface area contributed by atoms with Crippen molar-refractivity contribution in [3.8, 4) is 11.5 Å². The molecule has 180 valence electrons. The number of halogens is 1. The molecule has 0 fully saturated rings. The van der Waals surface area contributed by atoms with Crippen LogP contribution < -0.4 is 20.3 Å². The van der Waals surface area contributed by atoms with Crippen LogP contribution in [0.25, 0.3) is 0 Å². The number of nitrogens with zero attached hydrogens (tertiary/aromatic N) is 2. The van der Waals surface area contributed by atoms with Crippen LogP contribution in [0.4, 0.5) is 5.69 Å². The first kappa shape index (κ1) is 25.3. The predicted molar refractivity (Wildman–Crippen MR) is 134 cm³/mol. The number of rotatable bonds is 10. The molecule has 0 spiro atoms. The molecular weight excluding hydrogens is 454 g/mol. The first-order valence-electron chi connectivity index (χ1n) is 11.2. The molecule has 0 saturated carbocycles. The highest BCUT2D eigenvalue weighted by Crippen LogP contribution is 2.32. The van der Waals surface area contributed by atoms with E-state index in [-0.39, 0.29) is 11.5 Å². The lowest BCUT2D eigenvalue weighted by atomic mass is 10.0. The maximum absolute atomic E-state index is 13.5. The molecule has 0 bridgehead atoms. The van der Waals surface area contributed by atoms with Crippen LogP contribution in [0.5, 0.6) is 11.5 Å². The van der Waals surface area contributed by atoms with Crippen molar-refractivity contribution >= 4 is 23.2 Å². The smallest absolute Gasteiger partial charge is 0.271 e. The number of aryl methyl sites for hydroxylation is 1. The third kappa shape index (κ3) is 5.97. The van der Waals surface area contributed by atoms with Crippen molar-refractivity contribution in [2.45, 2.75) is 45.6 Å². The second-order valence-corrected chi connectivity index (χ2v) is 8.48. The summed E-state index contributed by atoms with van der Waals surface area (Å²) in [6.07, 6.45) is 2.48. The quantitative estimate of drug-likeness (QED) is 0.429. The molecule has 3 aromatic rings. The van der Waals surface area contributed by atoms with Crippen molar-refractivity contribution in [1.29, 1.82) is 0 Å². The fraction of sp³-hybridized carbons (Fsp3) is 0.346. The van der Waals surface area contributed by atoms with Gasteiger partial charge in [0.25, 0.3) is 5.56 Å². The number of hydrogen-bond acceptors (Lipinski definition) is 5. The van der Waals surface area contributed by atoms with E-state index in [0.29, 0.717) is 46.3 Å². The van der Waals surface area contributed by atoms with Gasteiger partial charge in [-0.1, -0.05) is 43.5 Å². The Kier molecular flexibility index (Phi) is 8.71. The molecule has 1 heterocycles. The van der Waals surface area contributed by atoms with Gasteiger partial charge in [0.2, 0.25) is 5.91 Å². The van der Waals surface area contributed by atoms with Gasteiger partial charge in [-0.3, -0.25) is 9.59 Å². The first-order chi connectivity index (χ1) is 16.4. The van der Waals surface area contributed by atoms with Crippen LogP contribution in [0.1, 0.15) is 49.0 Å². The Morgan fingerprint density at radius 3 is 2.50 bits per heavy atom. The number of benzene rings is 2. The summed E-state index contributed by atoms with van der Waals surface area (Å²) >= 11 is 5.95. The molecule has 1 atom stereocenters. The lowest BCUT2D eigenvalue weighted by Gasteiger charge is -2.20. The van der Waals surface area contributed by atoms with E-state index < -0.39 is 6.04 Å². The van der Waals surface area contributed by atoms with Crippen LogP contribution in [0, 0.1) is 6.92 Å². The molecule has 0 aliphatic carbocycles. The number of methoxy groups -OCH3 is 2. The Hall–Kier alpha value is -3.32. The second kappa shape index (κ2) is 11.7. The molecule has 7 nitrogen and oxygen atoms in total. The van der Waals surface area contributed by atoms with E-state index in [9.17, 15) is 9.59 Å². The Bertz CT molecular complexity index is 1190. The minimum absolute atomic E-state index is 0.291. The Morgan fingerprint density at radius 1 is 1.12 bits per heavy atom. The highest BCUT2D eigenvalue weighted by atomic mass is 35.5. The van der Waals surface area contributed by atoms with Crippen molar-refractivity contribution < 1.29 is 14.3 Å². The van der Waals surface area contributed by atoms with Gasteiger partial charge in [0, 0.05) is 28.3 Å². The minimum Gasteiger partial charge on any atom is -0.493 e. The summed E-state index contributed by atoms with van der Waals surface area (Å²) < 4.78 is 12.2. The Balaban J connectivity index is 1.99. The van der Waals surface area contributed by atoms with Gasteiger partial charge in [-0.25, -0.2) is 4.68 Å². The van der Waals surface area contributed by atoms with Gasteiger partial charge >= 0.3 is 0 Å². The van der Waals surface area contributed by atoms with E-state index in [2.05, 4.69) is 10.4 Å². The molecule has 0 aliphatic rings. The highest BCUT2D eigenvalue weighted by molar-refractivity contribution is 6.30. The number of anilines is 1. The van der Waals surface area contributed by atoms with Gasteiger partial charge in [-0.05, 0) is 49.7 Å². The van der Waals surface area contributed by atoms with Crippen LogP contribution >= 0.6 is 11.6 Å². The molecule has 1 unspecified atom stereocenters. The lowest BCUT2D eigenvalue weighted by molar-refractivity contribution is -0.119. The topological polar surface area (TPSA) is 82.5 Å². The van der Waals surface area contributed by atoms with E-state index in [0.717, 1.165) is 18.4 Å². The maximum atomic E-state index is 13.5. The van der Waals surface area contributed by atoms with Crippen LogP contribution in [0.2, 0.25) is 5.02 Å². The molecule has 1 aromatic heterocycles. The zero-order chi connectivity index (χ0) is 24.7. The number of carbonyl (C=O) groups is 1. The molecule has 1 amide bonds. The summed E-state index contributed by atoms with van der Waals surface area (Å²) in [4.78, 5) is 26.8. The van der Waals surface area contributed by atoms with Gasteiger partial charge in [0.1, 0.15) is 6.04 Å². The van der Waals surface area contributed by atoms with Crippen LogP contribution in [-0.2, 0) is 11.2 Å². The number of para-hydroxylation sites is 1. The predicted octanol–water partition coefficient (Wildman–Crippen LogP) is 5.18. The minimum atomic E-state index is -0.742. The van der Waals surface area contributed by atoms with Crippen molar-refractivity contribution in [2.75, 3.05) is 19.5 Å². The van der Waals surface area contributed by atoms with Gasteiger partial charge in [-0.15, -0.1) is 0 Å². The summed E-state index contributed by atoms with van der Waals surface area (Å²) in [6, 6.07) is 13.4. The lowest BCUT2D eigenvalue weighted by Crippen LogP contribution is -2.37. The molecule has 0 aliphatic heterocycles. The summed E-state index contributed by atoms with van der Waals surface area (Å²) in [5.74, 6) is 0.878. The highest BCUT2D eigenvalue weighted by Gasteiger charge is 2.24. The van der Waals surface area contributed by atoms with E-state index >= 15 is 0 Å². The van der Waals surface area contributed by atoms with E-state index in [1.807, 2.05) is 26.0 Å².